The lowest BCUT2D eigenvalue weighted by molar-refractivity contribution is 0.00566. The van der Waals surface area contributed by atoms with Gasteiger partial charge in [-0.05, 0) is 52.8 Å². The number of hydrogen-bond donors (Lipinski definition) is 1. The molecule has 2 atom stereocenters. The van der Waals surface area contributed by atoms with Crippen molar-refractivity contribution >= 4 is 39.8 Å². The molecular formula is C29H37N7O5. The molecule has 3 aromatic heterocycles. The van der Waals surface area contributed by atoms with Crippen LogP contribution >= 0.6 is 0 Å². The summed E-state index contributed by atoms with van der Waals surface area (Å²) in [5.41, 5.74) is 2.65. The number of nitrogens with zero attached hydrogens (tertiary/aromatic N) is 6. The van der Waals surface area contributed by atoms with Crippen molar-refractivity contribution in [2.45, 2.75) is 52.3 Å². The molecule has 0 radical (unpaired) electrons. The highest BCUT2D eigenvalue weighted by Crippen LogP contribution is 2.33. The Morgan fingerprint density at radius 2 is 1.71 bits per heavy atom. The number of aryl methyl sites for hydroxylation is 1. The normalized spacial score (nSPS) is 17.7. The summed E-state index contributed by atoms with van der Waals surface area (Å²) < 4.78 is 19.9. The Bertz CT molecular complexity index is 1610. The summed E-state index contributed by atoms with van der Waals surface area (Å²) in [6, 6.07) is 8.89. The van der Waals surface area contributed by atoms with E-state index >= 15 is 0 Å². The minimum atomic E-state index is -0.571. The minimum Gasteiger partial charge on any atom is -0.494 e. The number of aromatic nitrogens is 4. The second-order valence-electron chi connectivity index (χ2n) is 11.4. The summed E-state index contributed by atoms with van der Waals surface area (Å²) in [4.78, 5) is 30.5. The van der Waals surface area contributed by atoms with Gasteiger partial charge in [-0.3, -0.25) is 14.4 Å². The number of fused-ring (bicyclic) bond motifs is 2. The number of benzene rings is 1. The minimum absolute atomic E-state index is 0.101. The van der Waals surface area contributed by atoms with Gasteiger partial charge < -0.3 is 24.4 Å². The molecule has 0 spiro atoms. The number of hydrogen-bond acceptors (Lipinski definition) is 8. The zero-order chi connectivity index (χ0) is 29.6. The van der Waals surface area contributed by atoms with Crippen molar-refractivity contribution in [3.63, 3.8) is 0 Å². The molecule has 2 amide bonds. The topological polar surface area (TPSA) is 115 Å². The van der Waals surface area contributed by atoms with E-state index in [1.165, 1.54) is 0 Å². The first-order valence-corrected chi connectivity index (χ1v) is 13.5. The highest BCUT2D eigenvalue weighted by Gasteiger charge is 2.36. The SMILES string of the molecule is COc1cc2c(N3C[C@H](C)N(C(=O)OC(C)(C)C)[C@@H](C)C3)ccc(C(=O)Nc3cc4cn(C)nc4cc3OC)n2n1. The summed E-state index contributed by atoms with van der Waals surface area (Å²) in [5, 5.41) is 12.8. The van der Waals surface area contributed by atoms with Crippen LogP contribution in [-0.2, 0) is 11.8 Å². The zero-order valence-electron chi connectivity index (χ0n) is 24.8. The summed E-state index contributed by atoms with van der Waals surface area (Å²) in [6.07, 6.45) is 1.56. The Morgan fingerprint density at radius 1 is 1.00 bits per heavy atom. The molecule has 12 nitrogen and oxygen atoms in total. The third-order valence-corrected chi connectivity index (χ3v) is 7.07. The number of piperazine rings is 1. The van der Waals surface area contributed by atoms with Crippen molar-refractivity contribution in [2.24, 2.45) is 7.05 Å². The molecule has 218 valence electrons. The Balaban J connectivity index is 1.45. The van der Waals surface area contributed by atoms with E-state index in [1.807, 2.05) is 66.1 Å². The molecule has 1 aliphatic heterocycles. The predicted molar refractivity (Wildman–Crippen MR) is 156 cm³/mol. The maximum Gasteiger partial charge on any atom is 0.410 e. The molecule has 12 heteroatoms. The van der Waals surface area contributed by atoms with E-state index < -0.39 is 5.60 Å². The molecule has 4 aromatic rings. The van der Waals surface area contributed by atoms with Gasteiger partial charge in [-0.1, -0.05) is 0 Å². The summed E-state index contributed by atoms with van der Waals surface area (Å²) in [7, 11) is 4.93. The molecule has 0 unspecified atom stereocenters. The number of pyridine rings is 1. The van der Waals surface area contributed by atoms with Gasteiger partial charge in [0.1, 0.15) is 17.0 Å². The highest BCUT2D eigenvalue weighted by atomic mass is 16.6. The number of ether oxygens (including phenoxy) is 3. The van der Waals surface area contributed by atoms with Crippen molar-refractivity contribution in [3.05, 3.63) is 42.2 Å². The van der Waals surface area contributed by atoms with E-state index in [0.717, 1.165) is 16.6 Å². The van der Waals surface area contributed by atoms with Gasteiger partial charge >= 0.3 is 6.09 Å². The van der Waals surface area contributed by atoms with Crippen LogP contribution in [-0.4, -0.2) is 81.3 Å². The van der Waals surface area contributed by atoms with E-state index in [-0.39, 0.29) is 24.1 Å². The molecule has 0 aliphatic carbocycles. The summed E-state index contributed by atoms with van der Waals surface area (Å²) in [6.45, 7) is 10.8. The number of carbonyl (C=O) groups is 2. The molecule has 1 aliphatic rings. The van der Waals surface area contributed by atoms with Crippen LogP contribution < -0.4 is 19.7 Å². The van der Waals surface area contributed by atoms with Gasteiger partial charge in [-0.25, -0.2) is 9.31 Å². The van der Waals surface area contributed by atoms with Gasteiger partial charge in [0.25, 0.3) is 5.91 Å². The quantitative estimate of drug-likeness (QED) is 0.382. The van der Waals surface area contributed by atoms with Gasteiger partial charge in [-0.15, -0.1) is 5.10 Å². The van der Waals surface area contributed by atoms with Crippen LogP contribution in [0.1, 0.15) is 45.1 Å². The molecular weight excluding hydrogens is 526 g/mol. The second kappa shape index (κ2) is 10.5. The van der Waals surface area contributed by atoms with Gasteiger partial charge in [0.2, 0.25) is 5.88 Å². The van der Waals surface area contributed by atoms with E-state index in [9.17, 15) is 9.59 Å². The monoisotopic (exact) mass is 563 g/mol. The van der Waals surface area contributed by atoms with Gasteiger partial charge in [0.15, 0.2) is 0 Å². The van der Waals surface area contributed by atoms with Gasteiger partial charge in [0.05, 0.1) is 48.7 Å². The third kappa shape index (κ3) is 5.46. The molecule has 0 saturated carbocycles. The fourth-order valence-corrected chi connectivity index (χ4v) is 5.40. The Hall–Kier alpha value is -4.48. The average molecular weight is 564 g/mol. The lowest BCUT2D eigenvalue weighted by Gasteiger charge is -2.45. The lowest BCUT2D eigenvalue weighted by atomic mass is 10.1. The van der Waals surface area contributed by atoms with Crippen LogP contribution in [0.15, 0.2) is 36.5 Å². The van der Waals surface area contributed by atoms with Crippen LogP contribution in [0, 0.1) is 0 Å². The Morgan fingerprint density at radius 3 is 2.34 bits per heavy atom. The van der Waals surface area contributed by atoms with Crippen molar-refractivity contribution in [3.8, 4) is 11.6 Å². The maximum atomic E-state index is 13.6. The first-order valence-electron chi connectivity index (χ1n) is 13.5. The predicted octanol–water partition coefficient (Wildman–Crippen LogP) is 4.32. The van der Waals surface area contributed by atoms with Crippen molar-refractivity contribution in [1.82, 2.24) is 24.3 Å². The molecule has 1 saturated heterocycles. The molecule has 1 N–H and O–H groups in total. The Labute approximate surface area is 238 Å². The highest BCUT2D eigenvalue weighted by molar-refractivity contribution is 6.06. The second-order valence-corrected chi connectivity index (χ2v) is 11.4. The number of nitrogens with one attached hydrogen (secondary N) is 1. The van der Waals surface area contributed by atoms with E-state index in [4.69, 9.17) is 14.2 Å². The fourth-order valence-electron chi connectivity index (χ4n) is 5.40. The summed E-state index contributed by atoms with van der Waals surface area (Å²) >= 11 is 0. The van der Waals surface area contributed by atoms with E-state index in [2.05, 4.69) is 20.4 Å². The van der Waals surface area contributed by atoms with Crippen molar-refractivity contribution in [2.75, 3.05) is 37.5 Å². The smallest absolute Gasteiger partial charge is 0.410 e. The molecule has 0 bridgehead atoms. The van der Waals surface area contributed by atoms with Crippen LogP contribution in [0.3, 0.4) is 0 Å². The van der Waals surface area contributed by atoms with Crippen molar-refractivity contribution in [1.29, 1.82) is 0 Å². The maximum absolute atomic E-state index is 13.6. The summed E-state index contributed by atoms with van der Waals surface area (Å²) in [5.74, 6) is 0.529. The third-order valence-electron chi connectivity index (χ3n) is 7.07. The average Bonchev–Trinajstić information content (AvgIpc) is 3.48. The van der Waals surface area contributed by atoms with Gasteiger partial charge in [-0.2, -0.15) is 5.10 Å². The fraction of sp³-hybridized carbons (Fsp3) is 0.448. The number of rotatable bonds is 5. The molecule has 4 heterocycles. The first-order chi connectivity index (χ1) is 19.4. The van der Waals surface area contributed by atoms with E-state index in [0.29, 0.717) is 41.6 Å². The zero-order valence-corrected chi connectivity index (χ0v) is 24.8. The van der Waals surface area contributed by atoms with Crippen molar-refractivity contribution < 1.29 is 23.8 Å². The van der Waals surface area contributed by atoms with Crippen LogP contribution in [0.2, 0.25) is 0 Å². The van der Waals surface area contributed by atoms with Crippen LogP contribution in [0.25, 0.3) is 16.4 Å². The van der Waals surface area contributed by atoms with Crippen LogP contribution in [0.4, 0.5) is 16.2 Å². The number of methoxy groups -OCH3 is 2. The van der Waals surface area contributed by atoms with E-state index in [1.54, 1.807) is 40.4 Å². The Kier molecular flexibility index (Phi) is 7.18. The lowest BCUT2D eigenvalue weighted by Crippen LogP contribution is -2.59. The largest absolute Gasteiger partial charge is 0.494 e. The standard InChI is InChI=1S/C29H37N7O5/c1-17-14-34(15-18(2)35(17)28(38)41-29(3,4)5)22-9-10-23(36-24(22)13-26(32-36)40-8)27(37)30-21-11-19-16-33(6)31-20(19)12-25(21)39-7/h9-13,16-18H,14-15H2,1-8H3,(H,30,37)/t17-,18-/m0/s1. The number of amides is 2. The molecule has 1 fully saturated rings. The number of anilines is 2. The molecule has 5 rings (SSSR count). The number of carbonyl (C=O) groups excluding carboxylic acids is 2. The molecule has 1 aromatic carbocycles. The van der Waals surface area contributed by atoms with Crippen LogP contribution in [0.5, 0.6) is 11.6 Å². The first kappa shape index (κ1) is 28.1. The molecule has 41 heavy (non-hydrogen) atoms. The van der Waals surface area contributed by atoms with Gasteiger partial charge in [0, 0.05) is 43.9 Å².